The molecule has 2 aromatic carbocycles. The molecule has 2 aromatic rings. The molecule has 0 aliphatic carbocycles. The molecule has 0 N–H and O–H groups in total. The van der Waals surface area contributed by atoms with Crippen molar-refractivity contribution in [2.45, 2.75) is 11.4 Å². The molecule has 0 unspecified atom stereocenters. The van der Waals surface area contributed by atoms with Crippen LogP contribution in [0, 0.1) is 0 Å². The molecule has 1 aliphatic rings. The van der Waals surface area contributed by atoms with E-state index in [0.717, 1.165) is 5.56 Å². The van der Waals surface area contributed by atoms with E-state index in [0.29, 0.717) is 16.0 Å². The lowest BCUT2D eigenvalue weighted by Crippen LogP contribution is -2.26. The summed E-state index contributed by atoms with van der Waals surface area (Å²) in [6.07, 6.45) is 0. The number of rotatable bonds is 4. The van der Waals surface area contributed by atoms with Crippen molar-refractivity contribution in [3.8, 4) is 11.5 Å². The second-order valence-electron chi connectivity index (χ2n) is 4.88. The van der Waals surface area contributed by atoms with Gasteiger partial charge >= 0.3 is 0 Å². The number of hydrogen-bond acceptors (Lipinski definition) is 4. The van der Waals surface area contributed by atoms with Gasteiger partial charge in [0.2, 0.25) is 16.8 Å². The highest BCUT2D eigenvalue weighted by molar-refractivity contribution is 9.10. The van der Waals surface area contributed by atoms with Gasteiger partial charge in [-0.2, -0.15) is 4.31 Å². The quantitative estimate of drug-likeness (QED) is 0.814. The van der Waals surface area contributed by atoms with Gasteiger partial charge in [-0.1, -0.05) is 18.2 Å². The molecule has 0 fully saturated rings. The Labute approximate surface area is 137 Å². The number of sulfonamides is 1. The van der Waals surface area contributed by atoms with E-state index < -0.39 is 10.0 Å². The van der Waals surface area contributed by atoms with Crippen molar-refractivity contribution >= 4 is 26.0 Å². The summed E-state index contributed by atoms with van der Waals surface area (Å²) in [4.78, 5) is 0.248. The Bertz CT molecular complexity index is 807. The fourth-order valence-electron chi connectivity index (χ4n) is 2.20. The molecule has 0 radical (unpaired) electrons. The minimum atomic E-state index is -3.57. The predicted octanol–water partition coefficient (Wildman–Crippen LogP) is 3.00. The molecule has 0 aromatic heterocycles. The van der Waals surface area contributed by atoms with Gasteiger partial charge in [-0.05, 0) is 45.8 Å². The maximum absolute atomic E-state index is 12.6. The molecule has 3 rings (SSSR count). The lowest BCUT2D eigenvalue weighted by molar-refractivity contribution is 0.174. The number of nitrogens with zero attached hydrogens (tertiary/aromatic N) is 1. The highest BCUT2D eigenvalue weighted by Gasteiger charge is 2.24. The number of fused-ring (bicyclic) bond motifs is 1. The molecule has 0 bridgehead atoms. The first-order valence-corrected chi connectivity index (χ1v) is 8.81. The van der Waals surface area contributed by atoms with E-state index in [9.17, 15) is 8.42 Å². The molecule has 22 heavy (non-hydrogen) atoms. The summed E-state index contributed by atoms with van der Waals surface area (Å²) in [6, 6.07) is 12.2. The molecule has 0 saturated carbocycles. The topological polar surface area (TPSA) is 55.8 Å². The van der Waals surface area contributed by atoms with Gasteiger partial charge in [0, 0.05) is 18.1 Å². The van der Waals surface area contributed by atoms with E-state index in [2.05, 4.69) is 15.9 Å². The van der Waals surface area contributed by atoms with Crippen LogP contribution in [0.4, 0.5) is 0 Å². The number of benzene rings is 2. The van der Waals surface area contributed by atoms with Crippen LogP contribution < -0.4 is 9.47 Å². The zero-order chi connectivity index (χ0) is 15.7. The van der Waals surface area contributed by atoms with Crippen LogP contribution in [0.3, 0.4) is 0 Å². The Morgan fingerprint density at radius 1 is 1.14 bits per heavy atom. The summed E-state index contributed by atoms with van der Waals surface area (Å²) in [6.45, 7) is 0.449. The third-order valence-corrected chi connectivity index (χ3v) is 6.18. The Morgan fingerprint density at radius 2 is 1.86 bits per heavy atom. The lowest BCUT2D eigenvalue weighted by Gasteiger charge is -2.18. The van der Waals surface area contributed by atoms with Crippen LogP contribution in [0.2, 0.25) is 0 Å². The van der Waals surface area contributed by atoms with Crippen molar-refractivity contribution in [2.75, 3.05) is 13.8 Å². The second-order valence-corrected chi connectivity index (χ2v) is 7.75. The van der Waals surface area contributed by atoms with Crippen LogP contribution in [0.15, 0.2) is 51.8 Å². The standard InChI is InChI=1S/C15H14BrNO4S/c1-17(22(18,19)15-5-3-2-4-12(15)16)9-11-6-7-13-14(8-11)21-10-20-13/h2-8H,9-10H2,1H3. The predicted molar refractivity (Wildman–Crippen MR) is 85.4 cm³/mol. The van der Waals surface area contributed by atoms with E-state index in [-0.39, 0.29) is 18.2 Å². The van der Waals surface area contributed by atoms with Crippen molar-refractivity contribution in [1.29, 1.82) is 0 Å². The highest BCUT2D eigenvalue weighted by atomic mass is 79.9. The highest BCUT2D eigenvalue weighted by Crippen LogP contribution is 2.33. The summed E-state index contributed by atoms with van der Waals surface area (Å²) in [5.74, 6) is 1.32. The van der Waals surface area contributed by atoms with Crippen LogP contribution in [0.5, 0.6) is 11.5 Å². The molecule has 1 aliphatic heterocycles. The molecule has 1 heterocycles. The SMILES string of the molecule is CN(Cc1ccc2c(c1)OCO2)S(=O)(=O)c1ccccc1Br. The van der Waals surface area contributed by atoms with E-state index in [1.165, 1.54) is 4.31 Å². The summed E-state index contributed by atoms with van der Waals surface area (Å²) in [5.41, 5.74) is 0.836. The Hall–Kier alpha value is -1.57. The maximum atomic E-state index is 12.6. The second kappa shape index (κ2) is 5.91. The Kier molecular flexibility index (Phi) is 4.12. The molecule has 0 saturated heterocycles. The Balaban J connectivity index is 1.85. The third kappa shape index (κ3) is 2.84. The van der Waals surface area contributed by atoms with Gasteiger partial charge in [-0.15, -0.1) is 0 Å². The average Bonchev–Trinajstić information content (AvgIpc) is 2.95. The van der Waals surface area contributed by atoms with Crippen molar-refractivity contribution < 1.29 is 17.9 Å². The van der Waals surface area contributed by atoms with E-state index in [4.69, 9.17) is 9.47 Å². The third-order valence-electron chi connectivity index (χ3n) is 3.37. The van der Waals surface area contributed by atoms with Gasteiger partial charge in [-0.25, -0.2) is 8.42 Å². The van der Waals surface area contributed by atoms with Gasteiger partial charge < -0.3 is 9.47 Å². The summed E-state index contributed by atoms with van der Waals surface area (Å²) >= 11 is 3.28. The molecular formula is C15H14BrNO4S. The smallest absolute Gasteiger partial charge is 0.244 e. The van der Waals surface area contributed by atoms with Gasteiger partial charge in [0.1, 0.15) is 0 Å². The summed E-state index contributed by atoms with van der Waals surface area (Å²) in [7, 11) is -2.01. The summed E-state index contributed by atoms with van der Waals surface area (Å²) in [5, 5.41) is 0. The van der Waals surface area contributed by atoms with E-state index in [1.807, 2.05) is 6.07 Å². The van der Waals surface area contributed by atoms with Crippen LogP contribution in [-0.2, 0) is 16.6 Å². The monoisotopic (exact) mass is 383 g/mol. The van der Waals surface area contributed by atoms with Crippen molar-refractivity contribution in [3.63, 3.8) is 0 Å². The van der Waals surface area contributed by atoms with Gasteiger partial charge in [0.05, 0.1) is 4.90 Å². The van der Waals surface area contributed by atoms with Gasteiger partial charge in [0.25, 0.3) is 0 Å². The first kappa shape index (κ1) is 15.3. The van der Waals surface area contributed by atoms with E-state index >= 15 is 0 Å². The molecule has 0 amide bonds. The maximum Gasteiger partial charge on any atom is 0.244 e. The molecular weight excluding hydrogens is 370 g/mol. The van der Waals surface area contributed by atoms with Crippen LogP contribution >= 0.6 is 15.9 Å². The van der Waals surface area contributed by atoms with Gasteiger partial charge in [-0.3, -0.25) is 0 Å². The fraction of sp³-hybridized carbons (Fsp3) is 0.200. The van der Waals surface area contributed by atoms with Crippen LogP contribution in [0.25, 0.3) is 0 Å². The lowest BCUT2D eigenvalue weighted by atomic mass is 10.2. The number of ether oxygens (including phenoxy) is 2. The molecule has 0 atom stereocenters. The minimum Gasteiger partial charge on any atom is -0.454 e. The van der Waals surface area contributed by atoms with Crippen molar-refractivity contribution in [2.24, 2.45) is 0 Å². The van der Waals surface area contributed by atoms with E-state index in [1.54, 1.807) is 43.4 Å². The van der Waals surface area contributed by atoms with Gasteiger partial charge in [0.15, 0.2) is 11.5 Å². The zero-order valence-corrected chi connectivity index (χ0v) is 14.2. The van der Waals surface area contributed by atoms with Crippen molar-refractivity contribution in [3.05, 3.63) is 52.5 Å². The number of hydrogen-bond donors (Lipinski definition) is 0. The summed E-state index contributed by atoms with van der Waals surface area (Å²) < 4.78 is 37.7. The molecule has 0 spiro atoms. The van der Waals surface area contributed by atoms with Crippen LogP contribution in [-0.4, -0.2) is 26.6 Å². The largest absolute Gasteiger partial charge is 0.454 e. The molecule has 116 valence electrons. The first-order valence-electron chi connectivity index (χ1n) is 6.58. The van der Waals surface area contributed by atoms with Crippen molar-refractivity contribution in [1.82, 2.24) is 4.31 Å². The van der Waals surface area contributed by atoms with Crippen LogP contribution in [0.1, 0.15) is 5.56 Å². The number of halogens is 1. The zero-order valence-electron chi connectivity index (χ0n) is 11.8. The first-order chi connectivity index (χ1) is 10.5. The normalized spacial score (nSPS) is 13.6. The average molecular weight is 384 g/mol. The molecule has 5 nitrogen and oxygen atoms in total. The minimum absolute atomic E-state index is 0.198. The fourth-order valence-corrected chi connectivity index (χ4v) is 4.32. The molecule has 7 heteroatoms. The Morgan fingerprint density at radius 3 is 2.64 bits per heavy atom.